The van der Waals surface area contributed by atoms with Gasteiger partial charge in [-0.15, -0.1) is 0 Å². The molecule has 0 aliphatic heterocycles. The molecule has 0 unspecified atom stereocenters. The highest BCUT2D eigenvalue weighted by atomic mass is 32.1. The lowest BCUT2D eigenvalue weighted by atomic mass is 9.93. The first kappa shape index (κ1) is 30.9. The Bertz CT molecular complexity index is 2850. The minimum absolute atomic E-state index is 0.702. The molecule has 0 fully saturated rings. The highest BCUT2D eigenvalue weighted by Gasteiger charge is 2.20. The first-order valence-corrected chi connectivity index (χ1v) is 18.2. The van der Waals surface area contributed by atoms with Crippen LogP contribution in [0.4, 0.5) is 0 Å². The molecule has 0 amide bonds. The molecule has 3 aromatic heterocycles. The van der Waals surface area contributed by atoms with E-state index in [1.807, 2.05) is 48.5 Å². The lowest BCUT2D eigenvalue weighted by Gasteiger charge is -2.14. The lowest BCUT2D eigenvalue weighted by Crippen LogP contribution is -1.96. The number of benzene rings is 7. The van der Waals surface area contributed by atoms with Crippen molar-refractivity contribution < 1.29 is 0 Å². The molecule has 0 aliphatic rings. The zero-order valence-corrected chi connectivity index (χ0v) is 29.2. The molecule has 0 atom stereocenters. The van der Waals surface area contributed by atoms with Crippen molar-refractivity contribution in [1.29, 1.82) is 0 Å². The monoisotopic (exact) mass is 695 g/mol. The van der Waals surface area contributed by atoms with E-state index in [9.17, 15) is 0 Å². The topological polar surface area (TPSA) is 64.5 Å². The van der Waals surface area contributed by atoms with Gasteiger partial charge in [0.05, 0.1) is 34.3 Å². The maximum atomic E-state index is 5.37. The van der Waals surface area contributed by atoms with Crippen molar-refractivity contribution in [3.63, 3.8) is 0 Å². The first-order valence-electron chi connectivity index (χ1n) is 17.5. The molecule has 0 saturated carbocycles. The molecule has 0 aliphatic carbocycles. The normalized spacial score (nSPS) is 11.4. The molecule has 0 saturated heterocycles. The van der Waals surface area contributed by atoms with Gasteiger partial charge in [0.1, 0.15) is 11.0 Å². The second-order valence-corrected chi connectivity index (χ2v) is 13.5. The van der Waals surface area contributed by atoms with Gasteiger partial charge in [0.15, 0.2) is 5.82 Å². The fraction of sp³-hybridized carbons (Fsp3) is 0. The summed E-state index contributed by atoms with van der Waals surface area (Å²) < 4.78 is 9.68. The molecule has 0 bridgehead atoms. The summed E-state index contributed by atoms with van der Waals surface area (Å²) in [6, 6.07) is 60.8. The summed E-state index contributed by atoms with van der Waals surface area (Å²) in [6.07, 6.45) is 0. The molecule has 6 heteroatoms. The van der Waals surface area contributed by atoms with Crippen molar-refractivity contribution in [2.75, 3.05) is 0 Å². The van der Waals surface area contributed by atoms with Crippen LogP contribution in [0.2, 0.25) is 0 Å². The molecular formula is C47H29N5S. The molecular weight excluding hydrogens is 667 g/mol. The summed E-state index contributed by atoms with van der Waals surface area (Å²) >= 11 is 1.26. The molecule has 3 heterocycles. The van der Waals surface area contributed by atoms with Crippen molar-refractivity contribution in [3.05, 3.63) is 176 Å². The fourth-order valence-corrected chi connectivity index (χ4v) is 7.72. The van der Waals surface area contributed by atoms with Gasteiger partial charge in [-0.25, -0.2) is 15.0 Å². The number of rotatable bonds is 6. The molecule has 0 radical (unpaired) electrons. The molecule has 7 aromatic carbocycles. The van der Waals surface area contributed by atoms with Crippen LogP contribution in [0, 0.1) is 0 Å². The van der Waals surface area contributed by atoms with E-state index in [1.54, 1.807) is 0 Å². The SMILES string of the molecule is c1ccc(-c2cc(-c3ccc(-c4ccc5c(c4)nc(-c4ccccc4)c4cc(-c6ccccc6)c6nsnc6c45)cc3)nc(-c3ccccc3)n2)cc1. The average Bonchev–Trinajstić information content (AvgIpc) is 3.74. The fourth-order valence-electron chi connectivity index (χ4n) is 7.15. The van der Waals surface area contributed by atoms with Gasteiger partial charge in [0, 0.05) is 44.0 Å². The van der Waals surface area contributed by atoms with E-state index in [0.29, 0.717) is 5.82 Å². The molecule has 10 aromatic rings. The maximum Gasteiger partial charge on any atom is 0.160 e. The second-order valence-electron chi connectivity index (χ2n) is 13.0. The number of fused-ring (bicyclic) bond motifs is 5. The van der Waals surface area contributed by atoms with Gasteiger partial charge in [-0.05, 0) is 34.9 Å². The Labute approximate surface area is 310 Å². The van der Waals surface area contributed by atoms with Crippen molar-refractivity contribution in [1.82, 2.24) is 23.7 Å². The standard InChI is InChI=1S/C47H29N5S/c1-5-13-31(14-6-1)38-28-39-43(46-45(38)51-53-52-46)37-26-25-36(27-42(37)48-44(39)34-17-9-3-10-18-34)30-21-23-33(24-22-30)41-29-40(32-15-7-2-8-16-32)49-47(50-41)35-19-11-4-12-20-35/h1-29H. The number of nitrogens with zero attached hydrogens (tertiary/aromatic N) is 5. The Hall–Kier alpha value is -6.89. The predicted molar refractivity (Wildman–Crippen MR) is 218 cm³/mol. The Morgan fingerprint density at radius 2 is 0.887 bits per heavy atom. The third kappa shape index (κ3) is 5.62. The third-order valence-electron chi connectivity index (χ3n) is 9.77. The zero-order chi connectivity index (χ0) is 35.1. The zero-order valence-electron chi connectivity index (χ0n) is 28.4. The number of hydrogen-bond acceptors (Lipinski definition) is 6. The first-order chi connectivity index (χ1) is 26.3. The molecule has 0 spiro atoms. The lowest BCUT2D eigenvalue weighted by molar-refractivity contribution is 1.18. The maximum absolute atomic E-state index is 5.37. The van der Waals surface area contributed by atoms with Crippen molar-refractivity contribution >= 4 is 44.4 Å². The molecule has 5 nitrogen and oxygen atoms in total. The van der Waals surface area contributed by atoms with Crippen LogP contribution in [0.5, 0.6) is 0 Å². The minimum Gasteiger partial charge on any atom is -0.247 e. The predicted octanol–water partition coefficient (Wildman–Crippen LogP) is 12.2. The van der Waals surface area contributed by atoms with Crippen LogP contribution in [0.3, 0.4) is 0 Å². The van der Waals surface area contributed by atoms with Crippen LogP contribution in [-0.2, 0) is 0 Å². The van der Waals surface area contributed by atoms with Gasteiger partial charge in [-0.3, -0.25) is 0 Å². The largest absolute Gasteiger partial charge is 0.247 e. The number of aromatic nitrogens is 5. The van der Waals surface area contributed by atoms with E-state index in [1.165, 1.54) is 11.7 Å². The number of pyridine rings is 1. The van der Waals surface area contributed by atoms with E-state index in [4.69, 9.17) is 23.7 Å². The van der Waals surface area contributed by atoms with E-state index < -0.39 is 0 Å². The van der Waals surface area contributed by atoms with Crippen molar-refractivity contribution in [3.8, 4) is 67.4 Å². The minimum atomic E-state index is 0.702. The van der Waals surface area contributed by atoms with Crippen LogP contribution < -0.4 is 0 Å². The van der Waals surface area contributed by atoms with Gasteiger partial charge in [-0.2, -0.15) is 8.75 Å². The third-order valence-corrected chi connectivity index (χ3v) is 10.3. The van der Waals surface area contributed by atoms with Crippen LogP contribution in [0.15, 0.2) is 176 Å². The summed E-state index contributed by atoms with van der Waals surface area (Å²) in [7, 11) is 0. The van der Waals surface area contributed by atoms with E-state index in [2.05, 4.69) is 127 Å². The second kappa shape index (κ2) is 13.0. The van der Waals surface area contributed by atoms with Crippen LogP contribution >= 0.6 is 11.7 Å². The highest BCUT2D eigenvalue weighted by Crippen LogP contribution is 2.42. The van der Waals surface area contributed by atoms with Crippen LogP contribution in [0.1, 0.15) is 0 Å². The molecule has 248 valence electrons. The Morgan fingerprint density at radius 1 is 0.358 bits per heavy atom. The summed E-state index contributed by atoms with van der Waals surface area (Å²) in [5, 5.41) is 3.20. The van der Waals surface area contributed by atoms with Crippen LogP contribution in [-0.4, -0.2) is 23.7 Å². The summed E-state index contributed by atoms with van der Waals surface area (Å²) in [5.74, 6) is 0.702. The molecule has 10 rings (SSSR count). The van der Waals surface area contributed by atoms with Crippen molar-refractivity contribution in [2.24, 2.45) is 0 Å². The van der Waals surface area contributed by atoms with E-state index >= 15 is 0 Å². The summed E-state index contributed by atoms with van der Waals surface area (Å²) in [5.41, 5.74) is 13.9. The number of hydrogen-bond donors (Lipinski definition) is 0. The van der Waals surface area contributed by atoms with E-state index in [-0.39, 0.29) is 0 Å². The molecule has 53 heavy (non-hydrogen) atoms. The molecule has 0 N–H and O–H groups in total. The average molecular weight is 696 g/mol. The van der Waals surface area contributed by atoms with Gasteiger partial charge in [0.2, 0.25) is 0 Å². The quantitative estimate of drug-likeness (QED) is 0.162. The van der Waals surface area contributed by atoms with Crippen LogP contribution in [0.25, 0.3) is 100 Å². The Kier molecular flexibility index (Phi) is 7.59. The van der Waals surface area contributed by atoms with Gasteiger partial charge in [-0.1, -0.05) is 158 Å². The summed E-state index contributed by atoms with van der Waals surface area (Å²) in [6.45, 7) is 0. The van der Waals surface area contributed by atoms with Crippen molar-refractivity contribution in [2.45, 2.75) is 0 Å². The van der Waals surface area contributed by atoms with Gasteiger partial charge < -0.3 is 0 Å². The van der Waals surface area contributed by atoms with Gasteiger partial charge >= 0.3 is 0 Å². The Morgan fingerprint density at radius 3 is 1.55 bits per heavy atom. The van der Waals surface area contributed by atoms with E-state index in [0.717, 1.165) is 94.3 Å². The Balaban J connectivity index is 1.10. The highest BCUT2D eigenvalue weighted by molar-refractivity contribution is 7.00. The van der Waals surface area contributed by atoms with Gasteiger partial charge in [0.25, 0.3) is 0 Å². The smallest absolute Gasteiger partial charge is 0.160 e. The summed E-state index contributed by atoms with van der Waals surface area (Å²) in [4.78, 5) is 15.3.